The van der Waals surface area contributed by atoms with E-state index in [4.69, 9.17) is 61.9 Å². The number of carbonyl (C=O) groups excluding carboxylic acids is 12. The standard InChI is InChI=1S/C14H17N5O2.2C14H15N3O4.2C14H19N3O2.C12H12BrNO4.C4H10N2O/c1-2-12(14(15)21)19-8-10(7-13(19)20)9-4-3-5-11(6-9)17-18-16;2*1-2-12(14(15)19)16-8-10(7-13(16)18)9-4-3-5-11(6-9)17(20)21;2*1-2-12(14(16)19)17-8-10(7-13(17)18)9-4-3-5-11(15)6-9;1-2-18-12(15)7-10(8-13)9-4-3-5-11(6-9)14(16)17;1-2-3(5)4(6)7/h3-6,10,12H,2,7-8H2,1H3,(H2,15,21);3-6,8,12H,2,7H2,1H3,(H2,15,19);3-7,12H,2,8H2,1H3,(H2,15,19);2*3-6,10,12H,2,7-8,15H2,1H3,(H2,16,19);3-7H,2,8H2,1H3;3H,2,5H2,1H3,(H2,6,7)/b;;;;;10-7+;/t;2*12-;2*10?,12-;;3-/m.0000.0/s1. The van der Waals surface area contributed by atoms with E-state index in [0.29, 0.717) is 140 Å². The van der Waals surface area contributed by atoms with E-state index >= 15 is 0 Å². The van der Waals surface area contributed by atoms with Gasteiger partial charge in [0, 0.05) is 145 Å². The van der Waals surface area contributed by atoms with Crippen molar-refractivity contribution in [3.63, 3.8) is 0 Å². The van der Waals surface area contributed by atoms with Crippen LogP contribution in [0.15, 0.2) is 169 Å². The topological polar surface area (TPSA) is 643 Å². The molecule has 0 saturated carbocycles. The molecule has 9 atom stereocenters. The number of nitro groups is 3. The molecule has 0 radical (unpaired) electrons. The van der Waals surface area contributed by atoms with Gasteiger partial charge in [0.2, 0.25) is 65.0 Å². The summed E-state index contributed by atoms with van der Waals surface area (Å²) in [6.07, 6.45) is 8.60. The van der Waals surface area contributed by atoms with Crippen LogP contribution in [0.5, 0.6) is 0 Å². The number of azide groups is 1. The predicted molar refractivity (Wildman–Crippen MR) is 475 cm³/mol. The van der Waals surface area contributed by atoms with Gasteiger partial charge >= 0.3 is 5.97 Å². The molecule has 6 aromatic carbocycles. The van der Waals surface area contributed by atoms with Gasteiger partial charge in [0.25, 0.3) is 17.1 Å². The first-order chi connectivity index (χ1) is 59.7. The van der Waals surface area contributed by atoms with E-state index in [-0.39, 0.29) is 77.3 Å². The number of nitro benzene ring substituents is 3. The monoisotopic (exact) mass is 1800 g/mol. The molecule has 0 bridgehead atoms. The van der Waals surface area contributed by atoms with Crippen LogP contribution in [0.2, 0.25) is 0 Å². The maximum atomic E-state index is 12.1. The Kier molecular flexibility index (Phi) is 40.4. The molecule has 40 heteroatoms. The Morgan fingerprint density at radius 2 is 0.881 bits per heavy atom. The van der Waals surface area contributed by atoms with Gasteiger partial charge in [0.05, 0.1) is 33.8 Å². The minimum atomic E-state index is -0.686. The lowest BCUT2D eigenvalue weighted by molar-refractivity contribution is -0.385. The zero-order valence-electron chi connectivity index (χ0n) is 70.8. The lowest BCUT2D eigenvalue weighted by atomic mass is 9.98. The number of primary amides is 6. The van der Waals surface area contributed by atoms with Crippen LogP contribution in [0.3, 0.4) is 0 Å². The van der Waals surface area contributed by atoms with Crippen molar-refractivity contribution in [3.05, 3.63) is 238 Å². The van der Waals surface area contributed by atoms with E-state index in [1.54, 1.807) is 96.3 Å². The van der Waals surface area contributed by atoms with E-state index in [1.807, 2.05) is 82.3 Å². The van der Waals surface area contributed by atoms with Crippen molar-refractivity contribution < 1.29 is 77.0 Å². The molecule has 5 heterocycles. The minimum absolute atomic E-state index is 0.0109. The fourth-order valence-electron chi connectivity index (χ4n) is 14.3. The fraction of sp³-hybridized carbons (Fsp3) is 0.372. The van der Waals surface area contributed by atoms with Gasteiger partial charge in [0.15, 0.2) is 0 Å². The van der Waals surface area contributed by atoms with Crippen LogP contribution < -0.4 is 51.6 Å². The largest absolute Gasteiger partial charge is 0.463 e. The Labute approximate surface area is 735 Å². The Balaban J connectivity index is 0.000000264. The maximum absolute atomic E-state index is 12.1. The van der Waals surface area contributed by atoms with E-state index in [9.17, 15) is 87.9 Å². The number of ether oxygens (including phenoxy) is 1. The number of amides is 11. The number of alkyl halides is 1. The summed E-state index contributed by atoms with van der Waals surface area (Å²) in [6.45, 7) is 14.7. The molecule has 5 aliphatic rings. The molecule has 0 spiro atoms. The van der Waals surface area contributed by atoms with Crippen LogP contribution in [0.1, 0.15) is 164 Å². The molecule has 3 saturated heterocycles. The third kappa shape index (κ3) is 29.5. The third-order valence-corrected chi connectivity index (χ3v) is 21.4. The predicted octanol–water partition coefficient (Wildman–Crippen LogP) is 8.57. The number of benzene rings is 6. The molecule has 11 amide bonds. The highest BCUT2D eigenvalue weighted by Crippen LogP contribution is 2.36. The number of nitrogens with two attached hydrogens (primary N) is 9. The van der Waals surface area contributed by atoms with Crippen molar-refractivity contribution in [1.29, 1.82) is 0 Å². The summed E-state index contributed by atoms with van der Waals surface area (Å²) in [4.78, 5) is 179. The van der Waals surface area contributed by atoms with Gasteiger partial charge in [-0.25, -0.2) is 4.79 Å². The van der Waals surface area contributed by atoms with Crippen LogP contribution in [-0.4, -0.2) is 185 Å². The third-order valence-electron chi connectivity index (χ3n) is 20.8. The second kappa shape index (κ2) is 49.7. The second-order valence-corrected chi connectivity index (χ2v) is 29.8. The number of rotatable bonds is 30. The highest BCUT2D eigenvalue weighted by atomic mass is 79.9. The van der Waals surface area contributed by atoms with Gasteiger partial charge in [-0.3, -0.25) is 83.1 Å². The second-order valence-electron chi connectivity index (χ2n) is 29.3. The molecule has 126 heavy (non-hydrogen) atoms. The molecule has 39 nitrogen and oxygen atoms in total. The maximum Gasteiger partial charge on any atom is 0.331 e. The average molecular weight is 1800 g/mol. The lowest BCUT2D eigenvalue weighted by Gasteiger charge is -2.24. The van der Waals surface area contributed by atoms with Crippen LogP contribution in [0.4, 0.5) is 34.1 Å². The summed E-state index contributed by atoms with van der Waals surface area (Å²) in [5, 5.41) is 36.2. The highest BCUT2D eigenvalue weighted by molar-refractivity contribution is 9.09. The number of esters is 1. The molecule has 5 aliphatic heterocycles. The number of hydrogen-bond donors (Lipinski definition) is 9. The number of anilines is 2. The van der Waals surface area contributed by atoms with E-state index in [1.165, 1.54) is 58.4 Å². The van der Waals surface area contributed by atoms with Crippen LogP contribution in [0.25, 0.3) is 27.2 Å². The number of nitrogens with zero attached hydrogens (tertiary/aromatic N) is 11. The van der Waals surface area contributed by atoms with Crippen molar-refractivity contribution in [2.75, 3.05) is 49.6 Å². The molecule has 18 N–H and O–H groups in total. The van der Waals surface area contributed by atoms with Gasteiger partial charge in [-0.05, 0) is 131 Å². The SMILES string of the molecule is CCC(C(N)=O)N1CC(c2cccc(N=[N+]=[N-])c2)CC1=O.CCOC(=O)/C=C(\CBr)c1cccc([N+](=O)[O-])c1.CC[C@@H](C(N)=O)N1C=C(c2cccc([N+](=O)[O-])c2)CC1=O.CC[C@@H](C(N)=O)N1CC(c2cccc(N)c2)CC1=O.CC[C@@H](C(N)=O)N1CC(c2cccc(N)c2)CC1=O.CC[C@@H](C(N)=O)N1CC(c2cccc([N+](=O)[O-])c2)=CC1=O.CC[C@H](N)C(N)=O. The van der Waals surface area contributed by atoms with Crippen molar-refractivity contribution in [2.24, 2.45) is 45.2 Å². The van der Waals surface area contributed by atoms with Crippen LogP contribution in [0, 0.1) is 30.3 Å². The number of non-ortho nitro benzene ring substituents is 3. The van der Waals surface area contributed by atoms with Crippen LogP contribution in [-0.2, 0) is 62.3 Å². The van der Waals surface area contributed by atoms with Gasteiger partial charge in [-0.1, -0.05) is 141 Å². The van der Waals surface area contributed by atoms with E-state index in [2.05, 4.69) is 26.0 Å². The van der Waals surface area contributed by atoms with Gasteiger partial charge in [-0.15, -0.1) is 0 Å². The van der Waals surface area contributed by atoms with Crippen molar-refractivity contribution in [1.82, 2.24) is 24.5 Å². The van der Waals surface area contributed by atoms with Crippen LogP contribution >= 0.6 is 15.9 Å². The molecule has 0 aromatic heterocycles. The van der Waals surface area contributed by atoms with Crippen molar-refractivity contribution in [3.8, 4) is 0 Å². The van der Waals surface area contributed by atoms with Crippen molar-refractivity contribution in [2.45, 2.75) is 167 Å². The number of allylic oxidation sites excluding steroid dienone is 1. The minimum Gasteiger partial charge on any atom is -0.463 e. The summed E-state index contributed by atoms with van der Waals surface area (Å²) >= 11 is 3.25. The van der Waals surface area contributed by atoms with Gasteiger partial charge < -0.3 is 80.8 Å². The van der Waals surface area contributed by atoms with E-state index < -0.39 is 92.4 Å². The van der Waals surface area contributed by atoms with Gasteiger partial charge in [-0.2, -0.15) is 0 Å². The molecular formula is C86H107BrN20O19. The van der Waals surface area contributed by atoms with E-state index in [0.717, 1.165) is 16.7 Å². The first-order valence-corrected chi connectivity index (χ1v) is 41.3. The first-order valence-electron chi connectivity index (χ1n) is 40.2. The number of nitrogen functional groups attached to an aromatic ring is 2. The molecule has 6 aromatic rings. The summed E-state index contributed by atoms with van der Waals surface area (Å²) in [7, 11) is 0. The molecule has 11 rings (SSSR count). The molecule has 4 unspecified atom stereocenters. The fourth-order valence-corrected chi connectivity index (χ4v) is 14.7. The lowest BCUT2D eigenvalue weighted by Crippen LogP contribution is -2.45. The zero-order chi connectivity index (χ0) is 93.9. The molecule has 3 fully saturated rings. The summed E-state index contributed by atoms with van der Waals surface area (Å²) in [5.41, 5.74) is 65.1. The number of halogens is 1. The highest BCUT2D eigenvalue weighted by Gasteiger charge is 2.40. The Bertz CT molecular complexity index is 5020. The van der Waals surface area contributed by atoms with Crippen molar-refractivity contribution >= 4 is 138 Å². The number of hydrogen-bond acceptors (Lipinski definition) is 23. The Morgan fingerprint density at radius 1 is 0.500 bits per heavy atom. The zero-order valence-corrected chi connectivity index (χ0v) is 72.4. The Morgan fingerprint density at radius 3 is 1.24 bits per heavy atom. The smallest absolute Gasteiger partial charge is 0.331 e. The average Bonchev–Trinajstić information content (AvgIpc) is 1.69. The quantitative estimate of drug-likeness (QED) is 0.00234. The molecular weight excluding hydrogens is 1700 g/mol. The summed E-state index contributed by atoms with van der Waals surface area (Å²) in [5.74, 6) is -3.85. The molecule has 672 valence electrons. The summed E-state index contributed by atoms with van der Waals surface area (Å²) in [6, 6.07) is 37.1. The first kappa shape index (κ1) is 102. The summed E-state index contributed by atoms with van der Waals surface area (Å²) < 4.78 is 4.80. The Hall–Kier alpha value is -14.3. The normalized spacial score (nSPS) is 17.0. The number of likely N-dealkylation sites (tertiary alicyclic amines) is 3. The molecule has 0 aliphatic carbocycles. The number of carbonyl (C=O) groups is 12. The van der Waals surface area contributed by atoms with Gasteiger partial charge in [0.1, 0.15) is 30.2 Å².